The average Bonchev–Trinajstić information content (AvgIpc) is 3.22. The highest BCUT2D eigenvalue weighted by Crippen LogP contribution is 2.50. The molecule has 0 unspecified atom stereocenters. The van der Waals surface area contributed by atoms with Gasteiger partial charge in [-0.05, 0) is 43.4 Å². The molecule has 1 aliphatic carbocycles. The highest BCUT2D eigenvalue weighted by Gasteiger charge is 2.55. The van der Waals surface area contributed by atoms with E-state index in [2.05, 4.69) is 27.7 Å². The lowest BCUT2D eigenvalue weighted by molar-refractivity contribution is -0.274. The normalized spacial score (nSPS) is 19.8. The number of nitrogens with zero attached hydrogens (tertiary/aromatic N) is 2. The Morgan fingerprint density at radius 1 is 1.30 bits per heavy atom. The number of nitrogens with two attached hydrogens (primary N) is 1. The fourth-order valence-electron chi connectivity index (χ4n) is 4.52. The Kier molecular flexibility index (Phi) is 7.53. The van der Waals surface area contributed by atoms with E-state index in [9.17, 15) is 27.6 Å². The van der Waals surface area contributed by atoms with Gasteiger partial charge in [0.25, 0.3) is 0 Å². The molecule has 1 aromatic carbocycles. The minimum Gasteiger partial charge on any atom is -0.445 e. The van der Waals surface area contributed by atoms with Gasteiger partial charge in [0.2, 0.25) is 23.6 Å². The third kappa shape index (κ3) is 6.27. The molecule has 198 valence electrons. The average molecular weight is 539 g/mol. The quantitative estimate of drug-likeness (QED) is 0.422. The Bertz CT molecular complexity index is 1180. The Labute approximate surface area is 215 Å². The lowest BCUT2D eigenvalue weighted by Gasteiger charge is -2.30. The van der Waals surface area contributed by atoms with Crippen molar-refractivity contribution >= 4 is 36.4 Å². The number of thiol groups is 1. The van der Waals surface area contributed by atoms with Crippen LogP contribution in [0.5, 0.6) is 5.75 Å². The number of ether oxygens (including phenoxy) is 1. The number of carbonyl (C=O) groups is 3. The third-order valence-electron chi connectivity index (χ3n) is 6.42. The van der Waals surface area contributed by atoms with Crippen LogP contribution in [0.15, 0.2) is 46.0 Å². The highest BCUT2D eigenvalue weighted by molar-refractivity contribution is 7.84. The molecule has 0 radical (unpaired) electrons. The highest BCUT2D eigenvalue weighted by atomic mass is 32.1. The predicted octanol–water partition coefficient (Wildman–Crippen LogP) is 2.93. The number of halogens is 3. The van der Waals surface area contributed by atoms with Gasteiger partial charge in [0.05, 0.1) is 24.1 Å². The molecule has 2 atom stereocenters. The summed E-state index contributed by atoms with van der Waals surface area (Å²) in [6.07, 6.45) is 1.26. The van der Waals surface area contributed by atoms with E-state index < -0.39 is 35.7 Å². The fourth-order valence-corrected chi connectivity index (χ4v) is 4.78. The van der Waals surface area contributed by atoms with Crippen molar-refractivity contribution in [3.05, 3.63) is 53.1 Å². The van der Waals surface area contributed by atoms with E-state index in [0.717, 1.165) is 0 Å². The van der Waals surface area contributed by atoms with E-state index in [4.69, 9.17) is 10.2 Å². The molecular formula is C24H25F3N4O5S. The number of hydrogen-bond acceptors (Lipinski definition) is 7. The van der Waals surface area contributed by atoms with Crippen LogP contribution in [0.4, 0.5) is 13.2 Å². The molecule has 1 saturated carbocycles. The van der Waals surface area contributed by atoms with Crippen molar-refractivity contribution < 1.29 is 36.7 Å². The number of alkyl halides is 3. The Morgan fingerprint density at radius 3 is 2.57 bits per heavy atom. The zero-order chi connectivity index (χ0) is 26.8. The maximum absolute atomic E-state index is 13.6. The molecule has 13 heteroatoms. The number of aromatic nitrogens is 1. The van der Waals surface area contributed by atoms with Crippen molar-refractivity contribution in [2.75, 3.05) is 6.54 Å². The molecule has 1 aromatic heterocycles. The molecule has 2 fully saturated rings. The van der Waals surface area contributed by atoms with Crippen LogP contribution in [-0.2, 0) is 19.8 Å². The number of carbonyl (C=O) groups excluding carboxylic acids is 3. The van der Waals surface area contributed by atoms with Crippen LogP contribution in [0.1, 0.15) is 43.6 Å². The van der Waals surface area contributed by atoms with Crippen LogP contribution in [0, 0.1) is 0 Å². The molecule has 2 aliphatic rings. The van der Waals surface area contributed by atoms with Crippen molar-refractivity contribution in [1.82, 2.24) is 15.2 Å². The molecule has 0 spiro atoms. The van der Waals surface area contributed by atoms with Gasteiger partial charge in [0.15, 0.2) is 0 Å². The van der Waals surface area contributed by atoms with Gasteiger partial charge in [-0.2, -0.15) is 0 Å². The van der Waals surface area contributed by atoms with Crippen molar-refractivity contribution in [3.8, 4) is 5.75 Å². The molecule has 2 heterocycles. The van der Waals surface area contributed by atoms with Crippen LogP contribution >= 0.6 is 12.6 Å². The van der Waals surface area contributed by atoms with Crippen molar-refractivity contribution in [2.24, 2.45) is 5.73 Å². The Balaban J connectivity index is 1.48. The first kappa shape index (κ1) is 26.6. The van der Waals surface area contributed by atoms with Gasteiger partial charge in [-0.3, -0.25) is 14.4 Å². The molecule has 2 aromatic rings. The van der Waals surface area contributed by atoms with Gasteiger partial charge in [-0.1, -0.05) is 12.1 Å². The van der Waals surface area contributed by atoms with E-state index in [0.29, 0.717) is 42.7 Å². The number of primary amides is 1. The van der Waals surface area contributed by atoms with E-state index in [1.165, 1.54) is 47.7 Å². The van der Waals surface area contributed by atoms with Gasteiger partial charge in [-0.25, -0.2) is 4.98 Å². The fraction of sp³-hybridized carbons (Fsp3) is 0.417. The van der Waals surface area contributed by atoms with Crippen molar-refractivity contribution in [3.63, 3.8) is 0 Å². The summed E-state index contributed by atoms with van der Waals surface area (Å²) in [6.45, 7) is 0.355. The molecule has 3 N–H and O–H groups in total. The number of oxazole rings is 1. The number of hydrogen-bond donors (Lipinski definition) is 3. The summed E-state index contributed by atoms with van der Waals surface area (Å²) in [7, 11) is 0. The first-order chi connectivity index (χ1) is 17.5. The maximum Gasteiger partial charge on any atom is 0.573 e. The summed E-state index contributed by atoms with van der Waals surface area (Å²) in [5.74, 6) is -1.53. The second-order valence-corrected chi connectivity index (χ2v) is 9.50. The SMILES string of the molecule is NC(=O)C[C@H](NC(=O)[C@@H]1CCCN1C(=O)C1(c2ccc(OC(F)(F)F)cc2)CC1)/C(S)=C/c1ncco1. The van der Waals surface area contributed by atoms with Crippen molar-refractivity contribution in [2.45, 2.75) is 56.0 Å². The molecule has 1 aliphatic heterocycles. The number of benzene rings is 1. The predicted molar refractivity (Wildman–Crippen MR) is 128 cm³/mol. The number of amides is 3. The largest absolute Gasteiger partial charge is 0.573 e. The molecule has 3 amide bonds. The molecule has 9 nitrogen and oxygen atoms in total. The van der Waals surface area contributed by atoms with E-state index in [1.807, 2.05) is 0 Å². The Hall–Kier alpha value is -3.48. The summed E-state index contributed by atoms with van der Waals surface area (Å²) in [5, 5.41) is 2.76. The van der Waals surface area contributed by atoms with Gasteiger partial charge in [-0.15, -0.1) is 25.8 Å². The van der Waals surface area contributed by atoms with E-state index in [-0.39, 0.29) is 24.0 Å². The molecule has 0 bridgehead atoms. The van der Waals surface area contributed by atoms with Gasteiger partial charge in [0, 0.05) is 17.5 Å². The standard InChI is InChI=1S/C24H25F3N4O5S/c25-24(26,27)36-15-5-3-14(4-6-15)23(7-8-23)22(34)31-10-1-2-17(31)21(33)30-16(12-19(28)32)18(37)13-20-29-9-11-35-20/h3-6,9,11,13,16-17,37H,1-2,7-8,10,12H2,(H2,28,32)(H,30,33)/b18-13-/t16-,17-/m0/s1. The van der Waals surface area contributed by atoms with Crippen LogP contribution in [0.2, 0.25) is 0 Å². The second-order valence-electron chi connectivity index (χ2n) is 8.98. The molecule has 1 saturated heterocycles. The summed E-state index contributed by atoms with van der Waals surface area (Å²) < 4.78 is 46.5. The maximum atomic E-state index is 13.6. The first-order valence-electron chi connectivity index (χ1n) is 11.5. The second kappa shape index (κ2) is 10.5. The number of likely N-dealkylation sites (tertiary alicyclic amines) is 1. The van der Waals surface area contributed by atoms with Gasteiger partial charge >= 0.3 is 6.36 Å². The molecule has 37 heavy (non-hydrogen) atoms. The lowest BCUT2D eigenvalue weighted by atomic mass is 9.93. The van der Waals surface area contributed by atoms with E-state index >= 15 is 0 Å². The minimum absolute atomic E-state index is 0.223. The van der Waals surface area contributed by atoms with Gasteiger partial charge in [0.1, 0.15) is 18.1 Å². The monoisotopic (exact) mass is 538 g/mol. The van der Waals surface area contributed by atoms with Gasteiger partial charge < -0.3 is 25.1 Å². The van der Waals surface area contributed by atoms with Crippen LogP contribution in [0.25, 0.3) is 6.08 Å². The summed E-state index contributed by atoms with van der Waals surface area (Å²) in [4.78, 5) is 44.2. The van der Waals surface area contributed by atoms with Crippen LogP contribution in [0.3, 0.4) is 0 Å². The minimum atomic E-state index is -4.81. The number of rotatable bonds is 9. The molecular weight excluding hydrogens is 513 g/mol. The lowest BCUT2D eigenvalue weighted by Crippen LogP contribution is -2.51. The zero-order valence-electron chi connectivity index (χ0n) is 19.5. The summed E-state index contributed by atoms with van der Waals surface area (Å²) in [5.41, 5.74) is 5.03. The summed E-state index contributed by atoms with van der Waals surface area (Å²) >= 11 is 4.38. The van der Waals surface area contributed by atoms with Crippen molar-refractivity contribution in [1.29, 1.82) is 0 Å². The zero-order valence-corrected chi connectivity index (χ0v) is 20.4. The van der Waals surface area contributed by atoms with Crippen LogP contribution in [-0.4, -0.2) is 52.6 Å². The third-order valence-corrected chi connectivity index (χ3v) is 6.86. The first-order valence-corrected chi connectivity index (χ1v) is 12.0. The molecule has 4 rings (SSSR count). The Morgan fingerprint density at radius 2 is 2.00 bits per heavy atom. The smallest absolute Gasteiger partial charge is 0.445 e. The number of nitrogens with one attached hydrogen (secondary N) is 1. The van der Waals surface area contributed by atoms with Crippen LogP contribution < -0.4 is 15.8 Å². The van der Waals surface area contributed by atoms with E-state index in [1.54, 1.807) is 0 Å². The summed E-state index contributed by atoms with van der Waals surface area (Å²) in [6, 6.07) is 3.60. The topological polar surface area (TPSA) is 128 Å².